The summed E-state index contributed by atoms with van der Waals surface area (Å²) in [4.78, 5) is 0.354. The molecule has 1 aliphatic rings. The number of hydrogen-bond donors (Lipinski definition) is 2. The maximum atomic E-state index is 6.16. The van der Waals surface area contributed by atoms with Crippen molar-refractivity contribution in [1.29, 1.82) is 0 Å². The summed E-state index contributed by atoms with van der Waals surface area (Å²) in [6.45, 7) is 2.32. The standard InChI is InChI=1S/C14H19ClN2S/c1-9-5-7-10(8-6-9)17-12-4-2-3-11(15)13(12)14(16)18/h2-4,9-10,17H,5-8H2,1H3,(H2,16,18). The van der Waals surface area contributed by atoms with E-state index < -0.39 is 0 Å². The van der Waals surface area contributed by atoms with E-state index in [1.807, 2.05) is 18.2 Å². The van der Waals surface area contributed by atoms with Crippen molar-refractivity contribution < 1.29 is 0 Å². The number of benzene rings is 1. The fourth-order valence-corrected chi connectivity index (χ4v) is 3.07. The lowest BCUT2D eigenvalue weighted by Gasteiger charge is -2.28. The molecule has 1 aromatic rings. The molecule has 0 atom stereocenters. The highest BCUT2D eigenvalue weighted by Gasteiger charge is 2.19. The quantitative estimate of drug-likeness (QED) is 0.824. The average molecular weight is 283 g/mol. The smallest absolute Gasteiger partial charge is 0.107 e. The van der Waals surface area contributed by atoms with Gasteiger partial charge in [-0.1, -0.05) is 36.8 Å². The van der Waals surface area contributed by atoms with Crippen LogP contribution in [0, 0.1) is 5.92 Å². The second-order valence-corrected chi connectivity index (χ2v) is 5.97. The van der Waals surface area contributed by atoms with Crippen molar-refractivity contribution in [2.45, 2.75) is 38.6 Å². The van der Waals surface area contributed by atoms with E-state index in [-0.39, 0.29) is 0 Å². The highest BCUT2D eigenvalue weighted by Crippen LogP contribution is 2.29. The van der Waals surface area contributed by atoms with E-state index in [1.54, 1.807) is 0 Å². The van der Waals surface area contributed by atoms with Crippen LogP contribution in [0.5, 0.6) is 0 Å². The maximum Gasteiger partial charge on any atom is 0.107 e. The van der Waals surface area contributed by atoms with Crippen molar-refractivity contribution >= 4 is 34.5 Å². The Morgan fingerprint density at radius 2 is 2.00 bits per heavy atom. The summed E-state index contributed by atoms with van der Waals surface area (Å²) in [5.41, 5.74) is 7.49. The first-order valence-corrected chi connectivity index (χ1v) is 7.21. The van der Waals surface area contributed by atoms with Crippen LogP contribution in [0.25, 0.3) is 0 Å². The summed E-state index contributed by atoms with van der Waals surface area (Å²) < 4.78 is 0. The molecule has 0 radical (unpaired) electrons. The molecule has 0 saturated heterocycles. The zero-order valence-corrected chi connectivity index (χ0v) is 12.2. The number of anilines is 1. The summed E-state index contributed by atoms with van der Waals surface area (Å²) >= 11 is 11.2. The Hall–Kier alpha value is -0.800. The minimum atomic E-state index is 0.354. The first-order chi connectivity index (χ1) is 8.58. The Bertz CT molecular complexity index is 439. The highest BCUT2D eigenvalue weighted by atomic mass is 35.5. The molecular formula is C14H19ClN2S. The third-order valence-corrected chi connectivity index (χ3v) is 4.15. The van der Waals surface area contributed by atoms with Gasteiger partial charge in [0.1, 0.15) is 4.99 Å². The van der Waals surface area contributed by atoms with Crippen LogP contribution in [0.1, 0.15) is 38.2 Å². The third kappa shape index (κ3) is 3.15. The molecule has 0 aromatic heterocycles. The van der Waals surface area contributed by atoms with Crippen molar-refractivity contribution in [1.82, 2.24) is 0 Å². The lowest BCUT2D eigenvalue weighted by atomic mass is 9.87. The molecule has 1 fully saturated rings. The van der Waals surface area contributed by atoms with Gasteiger partial charge in [0.2, 0.25) is 0 Å². The van der Waals surface area contributed by atoms with E-state index in [0.29, 0.717) is 16.1 Å². The summed E-state index contributed by atoms with van der Waals surface area (Å²) in [6, 6.07) is 6.26. The number of thiocarbonyl (C=S) groups is 1. The summed E-state index contributed by atoms with van der Waals surface area (Å²) in [5.74, 6) is 0.845. The summed E-state index contributed by atoms with van der Waals surface area (Å²) in [5, 5.41) is 4.16. The Morgan fingerprint density at radius 3 is 2.61 bits per heavy atom. The molecule has 1 saturated carbocycles. The van der Waals surface area contributed by atoms with Gasteiger partial charge in [-0.25, -0.2) is 0 Å². The van der Waals surface area contributed by atoms with Crippen molar-refractivity contribution in [3.63, 3.8) is 0 Å². The Balaban J connectivity index is 2.14. The first-order valence-electron chi connectivity index (χ1n) is 6.42. The molecular weight excluding hydrogens is 264 g/mol. The molecule has 0 spiro atoms. The zero-order chi connectivity index (χ0) is 13.1. The average Bonchev–Trinajstić information content (AvgIpc) is 2.32. The molecule has 2 rings (SSSR count). The van der Waals surface area contributed by atoms with Crippen LogP contribution in [-0.4, -0.2) is 11.0 Å². The Labute approximate surface area is 119 Å². The molecule has 1 aliphatic carbocycles. The second-order valence-electron chi connectivity index (χ2n) is 5.13. The van der Waals surface area contributed by atoms with Crippen molar-refractivity contribution in [2.24, 2.45) is 11.7 Å². The van der Waals surface area contributed by atoms with Crippen LogP contribution in [0.3, 0.4) is 0 Å². The maximum absolute atomic E-state index is 6.16. The Morgan fingerprint density at radius 1 is 1.33 bits per heavy atom. The molecule has 4 heteroatoms. The molecule has 0 bridgehead atoms. The third-order valence-electron chi connectivity index (χ3n) is 3.64. The van der Waals surface area contributed by atoms with Crippen molar-refractivity contribution in [2.75, 3.05) is 5.32 Å². The van der Waals surface area contributed by atoms with Gasteiger partial charge in [-0.05, 0) is 43.7 Å². The molecule has 18 heavy (non-hydrogen) atoms. The van der Waals surface area contributed by atoms with Crippen LogP contribution >= 0.6 is 23.8 Å². The van der Waals surface area contributed by atoms with Crippen LogP contribution in [-0.2, 0) is 0 Å². The number of hydrogen-bond acceptors (Lipinski definition) is 2. The Kier molecular flexibility index (Phi) is 4.46. The molecule has 1 aromatic carbocycles. The van der Waals surface area contributed by atoms with Gasteiger partial charge >= 0.3 is 0 Å². The predicted molar refractivity (Wildman–Crippen MR) is 82.4 cm³/mol. The molecule has 0 aliphatic heterocycles. The van der Waals surface area contributed by atoms with Gasteiger partial charge in [-0.3, -0.25) is 0 Å². The van der Waals surface area contributed by atoms with E-state index in [1.165, 1.54) is 25.7 Å². The first kappa shape index (κ1) is 13.6. The number of rotatable bonds is 3. The molecule has 0 heterocycles. The fourth-order valence-electron chi connectivity index (χ4n) is 2.52. The molecule has 98 valence electrons. The minimum absolute atomic E-state index is 0.354. The number of halogens is 1. The van der Waals surface area contributed by atoms with E-state index in [4.69, 9.17) is 29.6 Å². The number of nitrogens with two attached hydrogens (primary N) is 1. The van der Waals surface area contributed by atoms with E-state index in [2.05, 4.69) is 12.2 Å². The van der Waals surface area contributed by atoms with Gasteiger partial charge in [0.05, 0.1) is 10.6 Å². The van der Waals surface area contributed by atoms with Crippen LogP contribution in [0.15, 0.2) is 18.2 Å². The lowest BCUT2D eigenvalue weighted by Crippen LogP contribution is -2.26. The topological polar surface area (TPSA) is 38.0 Å². The van der Waals surface area contributed by atoms with Crippen LogP contribution < -0.4 is 11.1 Å². The van der Waals surface area contributed by atoms with Crippen molar-refractivity contribution in [3.8, 4) is 0 Å². The van der Waals surface area contributed by atoms with Gasteiger partial charge < -0.3 is 11.1 Å². The summed E-state index contributed by atoms with van der Waals surface area (Å²) in [6.07, 6.45) is 4.95. The largest absolute Gasteiger partial charge is 0.389 e. The van der Waals surface area contributed by atoms with Gasteiger partial charge in [-0.2, -0.15) is 0 Å². The predicted octanol–water partition coefficient (Wildman–Crippen LogP) is 3.96. The zero-order valence-electron chi connectivity index (χ0n) is 10.6. The SMILES string of the molecule is CC1CCC(Nc2cccc(Cl)c2C(N)=S)CC1. The summed E-state index contributed by atoms with van der Waals surface area (Å²) in [7, 11) is 0. The minimum Gasteiger partial charge on any atom is -0.389 e. The van der Waals surface area contributed by atoms with E-state index in [0.717, 1.165) is 17.2 Å². The molecule has 0 amide bonds. The molecule has 0 unspecified atom stereocenters. The van der Waals surface area contributed by atoms with Crippen LogP contribution in [0.2, 0.25) is 5.02 Å². The fraction of sp³-hybridized carbons (Fsp3) is 0.500. The molecule has 3 N–H and O–H groups in total. The highest BCUT2D eigenvalue weighted by molar-refractivity contribution is 7.80. The molecule has 2 nitrogen and oxygen atoms in total. The van der Waals surface area contributed by atoms with E-state index >= 15 is 0 Å². The van der Waals surface area contributed by atoms with Crippen molar-refractivity contribution in [3.05, 3.63) is 28.8 Å². The lowest BCUT2D eigenvalue weighted by molar-refractivity contribution is 0.361. The van der Waals surface area contributed by atoms with Gasteiger partial charge in [0.15, 0.2) is 0 Å². The van der Waals surface area contributed by atoms with Gasteiger partial charge in [-0.15, -0.1) is 0 Å². The monoisotopic (exact) mass is 282 g/mol. The van der Waals surface area contributed by atoms with E-state index in [9.17, 15) is 0 Å². The van der Waals surface area contributed by atoms with Gasteiger partial charge in [0, 0.05) is 11.7 Å². The van der Waals surface area contributed by atoms with Gasteiger partial charge in [0.25, 0.3) is 0 Å². The number of nitrogens with one attached hydrogen (secondary N) is 1. The second kappa shape index (κ2) is 5.89. The normalized spacial score (nSPS) is 23.7. The van der Waals surface area contributed by atoms with Crippen LogP contribution in [0.4, 0.5) is 5.69 Å².